The molecule has 0 radical (unpaired) electrons. The summed E-state index contributed by atoms with van der Waals surface area (Å²) in [6.45, 7) is 0.987. The van der Waals surface area contributed by atoms with Crippen LogP contribution in [0, 0.1) is 0 Å². The molecule has 0 bridgehead atoms. The fourth-order valence-corrected chi connectivity index (χ4v) is 1.44. The summed E-state index contributed by atoms with van der Waals surface area (Å²) in [4.78, 5) is 7.77. The van der Waals surface area contributed by atoms with Crippen molar-refractivity contribution in [2.24, 2.45) is 0 Å². The van der Waals surface area contributed by atoms with Gasteiger partial charge in [0, 0.05) is 11.8 Å². The Hall–Kier alpha value is -1.45. The third-order valence-electron chi connectivity index (χ3n) is 2.10. The number of halogens is 1. The molecule has 1 aromatic carbocycles. The van der Waals surface area contributed by atoms with Crippen LogP contribution in [0.2, 0.25) is 5.15 Å². The van der Waals surface area contributed by atoms with Crippen LogP contribution in [-0.2, 0) is 18.0 Å². The van der Waals surface area contributed by atoms with Crippen LogP contribution in [0.4, 0.5) is 0 Å². The van der Waals surface area contributed by atoms with Crippen molar-refractivity contribution in [1.29, 1.82) is 0 Å². The standard InChI is InChI=1S/C12H11ClN2O/c13-12-11(6-14-9-15-12)8-16-7-10-4-2-1-3-5-10/h1-6,9H,7-8H2. The Bertz CT molecular complexity index is 448. The SMILES string of the molecule is Clc1ncncc1COCc1ccccc1. The molecule has 82 valence electrons. The van der Waals surface area contributed by atoms with Crippen molar-refractivity contribution >= 4 is 11.6 Å². The summed E-state index contributed by atoms with van der Waals surface area (Å²) < 4.78 is 5.52. The maximum absolute atomic E-state index is 5.87. The topological polar surface area (TPSA) is 35.0 Å². The molecular weight excluding hydrogens is 224 g/mol. The van der Waals surface area contributed by atoms with Gasteiger partial charge in [-0.1, -0.05) is 41.9 Å². The first kappa shape index (κ1) is 11.0. The number of nitrogens with zero attached hydrogens (tertiary/aromatic N) is 2. The molecular formula is C12H11ClN2O. The lowest BCUT2D eigenvalue weighted by Crippen LogP contribution is -1.96. The largest absolute Gasteiger partial charge is 0.372 e. The summed E-state index contributed by atoms with van der Waals surface area (Å²) >= 11 is 5.87. The Kier molecular flexibility index (Phi) is 3.86. The molecule has 2 aromatic rings. The Labute approximate surface area is 99.1 Å². The first-order valence-corrected chi connectivity index (χ1v) is 5.30. The molecule has 0 amide bonds. The van der Waals surface area contributed by atoms with Gasteiger partial charge in [-0.15, -0.1) is 0 Å². The molecule has 0 fully saturated rings. The quantitative estimate of drug-likeness (QED) is 0.763. The van der Waals surface area contributed by atoms with E-state index in [4.69, 9.17) is 16.3 Å². The Morgan fingerprint density at radius 1 is 1.12 bits per heavy atom. The lowest BCUT2D eigenvalue weighted by Gasteiger charge is -2.04. The molecule has 1 heterocycles. The van der Waals surface area contributed by atoms with Crippen molar-refractivity contribution in [1.82, 2.24) is 9.97 Å². The fraction of sp³-hybridized carbons (Fsp3) is 0.167. The number of hydrogen-bond donors (Lipinski definition) is 0. The molecule has 0 aliphatic heterocycles. The maximum Gasteiger partial charge on any atom is 0.137 e. The van der Waals surface area contributed by atoms with Gasteiger partial charge >= 0.3 is 0 Å². The van der Waals surface area contributed by atoms with Gasteiger partial charge in [0.1, 0.15) is 11.5 Å². The first-order chi connectivity index (χ1) is 7.86. The number of aromatic nitrogens is 2. The van der Waals surface area contributed by atoms with E-state index < -0.39 is 0 Å². The van der Waals surface area contributed by atoms with E-state index in [0.717, 1.165) is 11.1 Å². The van der Waals surface area contributed by atoms with Gasteiger partial charge in [0.05, 0.1) is 13.2 Å². The zero-order chi connectivity index (χ0) is 11.2. The van der Waals surface area contributed by atoms with Crippen molar-refractivity contribution in [3.05, 3.63) is 59.1 Å². The molecule has 0 spiro atoms. The summed E-state index contributed by atoms with van der Waals surface area (Å²) in [6, 6.07) is 9.98. The van der Waals surface area contributed by atoms with Gasteiger partial charge < -0.3 is 4.74 Å². The number of ether oxygens (including phenoxy) is 1. The molecule has 0 saturated carbocycles. The van der Waals surface area contributed by atoms with Crippen LogP contribution in [0.3, 0.4) is 0 Å². The van der Waals surface area contributed by atoms with Crippen LogP contribution in [0.15, 0.2) is 42.9 Å². The molecule has 4 heteroatoms. The summed E-state index contributed by atoms with van der Waals surface area (Å²) in [5.41, 5.74) is 1.94. The minimum Gasteiger partial charge on any atom is -0.372 e. The molecule has 0 aliphatic rings. The highest BCUT2D eigenvalue weighted by molar-refractivity contribution is 6.30. The molecule has 0 N–H and O–H groups in total. The van der Waals surface area contributed by atoms with E-state index >= 15 is 0 Å². The van der Waals surface area contributed by atoms with E-state index in [-0.39, 0.29) is 0 Å². The Morgan fingerprint density at radius 2 is 1.94 bits per heavy atom. The molecule has 0 unspecified atom stereocenters. The molecule has 2 rings (SSSR count). The molecule has 0 saturated heterocycles. The van der Waals surface area contributed by atoms with E-state index in [9.17, 15) is 0 Å². The summed E-state index contributed by atoms with van der Waals surface area (Å²) in [6.07, 6.45) is 3.09. The zero-order valence-electron chi connectivity index (χ0n) is 8.64. The number of hydrogen-bond acceptors (Lipinski definition) is 3. The van der Waals surface area contributed by atoms with Crippen molar-refractivity contribution in [3.8, 4) is 0 Å². The molecule has 1 aromatic heterocycles. The van der Waals surface area contributed by atoms with E-state index in [2.05, 4.69) is 9.97 Å². The van der Waals surface area contributed by atoms with Gasteiger partial charge in [0.15, 0.2) is 0 Å². The Morgan fingerprint density at radius 3 is 2.69 bits per heavy atom. The highest BCUT2D eigenvalue weighted by Gasteiger charge is 2.01. The monoisotopic (exact) mass is 234 g/mol. The second-order valence-electron chi connectivity index (χ2n) is 3.32. The van der Waals surface area contributed by atoms with E-state index in [1.165, 1.54) is 6.33 Å². The minimum atomic E-state index is 0.425. The third kappa shape index (κ3) is 3.02. The van der Waals surface area contributed by atoms with Gasteiger partial charge in [0.25, 0.3) is 0 Å². The smallest absolute Gasteiger partial charge is 0.137 e. The number of benzene rings is 1. The lowest BCUT2D eigenvalue weighted by molar-refractivity contribution is 0.107. The highest BCUT2D eigenvalue weighted by Crippen LogP contribution is 2.12. The van der Waals surface area contributed by atoms with Gasteiger partial charge in [-0.25, -0.2) is 9.97 Å². The number of rotatable bonds is 4. The van der Waals surface area contributed by atoms with Crippen LogP contribution < -0.4 is 0 Å². The minimum absolute atomic E-state index is 0.425. The van der Waals surface area contributed by atoms with Crippen LogP contribution in [0.25, 0.3) is 0 Å². The first-order valence-electron chi connectivity index (χ1n) is 4.92. The maximum atomic E-state index is 5.87. The molecule has 0 aliphatic carbocycles. The second kappa shape index (κ2) is 5.58. The van der Waals surface area contributed by atoms with E-state index in [1.807, 2.05) is 30.3 Å². The van der Waals surface area contributed by atoms with Gasteiger partial charge in [-0.05, 0) is 5.56 Å². The second-order valence-corrected chi connectivity index (χ2v) is 3.68. The van der Waals surface area contributed by atoms with Crippen molar-refractivity contribution in [2.75, 3.05) is 0 Å². The average molecular weight is 235 g/mol. The molecule has 16 heavy (non-hydrogen) atoms. The van der Waals surface area contributed by atoms with Crippen molar-refractivity contribution in [3.63, 3.8) is 0 Å². The normalized spacial score (nSPS) is 10.3. The predicted octanol–water partition coefficient (Wildman–Crippen LogP) is 2.85. The van der Waals surface area contributed by atoms with Crippen molar-refractivity contribution in [2.45, 2.75) is 13.2 Å². The summed E-state index contributed by atoms with van der Waals surface area (Å²) in [5.74, 6) is 0. The van der Waals surface area contributed by atoms with Crippen LogP contribution in [0.5, 0.6) is 0 Å². The Balaban J connectivity index is 1.87. The zero-order valence-corrected chi connectivity index (χ0v) is 9.39. The summed E-state index contributed by atoms with van der Waals surface area (Å²) in [7, 11) is 0. The average Bonchev–Trinajstić information content (AvgIpc) is 2.33. The van der Waals surface area contributed by atoms with E-state index in [1.54, 1.807) is 6.20 Å². The van der Waals surface area contributed by atoms with Crippen LogP contribution in [0.1, 0.15) is 11.1 Å². The lowest BCUT2D eigenvalue weighted by atomic mass is 10.2. The predicted molar refractivity (Wildman–Crippen MR) is 62.0 cm³/mol. The van der Waals surface area contributed by atoms with Gasteiger partial charge in [-0.3, -0.25) is 0 Å². The van der Waals surface area contributed by atoms with Crippen molar-refractivity contribution < 1.29 is 4.74 Å². The summed E-state index contributed by atoms with van der Waals surface area (Å²) in [5, 5.41) is 0.447. The van der Waals surface area contributed by atoms with Crippen LogP contribution >= 0.6 is 11.6 Å². The molecule has 0 atom stereocenters. The van der Waals surface area contributed by atoms with Gasteiger partial charge in [-0.2, -0.15) is 0 Å². The van der Waals surface area contributed by atoms with Gasteiger partial charge in [0.2, 0.25) is 0 Å². The third-order valence-corrected chi connectivity index (χ3v) is 2.44. The van der Waals surface area contributed by atoms with E-state index in [0.29, 0.717) is 18.4 Å². The molecule has 3 nitrogen and oxygen atoms in total. The van der Waals surface area contributed by atoms with Crippen LogP contribution in [-0.4, -0.2) is 9.97 Å². The highest BCUT2D eigenvalue weighted by atomic mass is 35.5. The fourth-order valence-electron chi connectivity index (χ4n) is 1.29.